The minimum Gasteiger partial charge on any atom is -0.247 e. The van der Waals surface area contributed by atoms with E-state index >= 15 is 0 Å². The molecule has 22 heavy (non-hydrogen) atoms. The van der Waals surface area contributed by atoms with E-state index in [0.29, 0.717) is 12.3 Å². The highest BCUT2D eigenvalue weighted by atomic mass is 32.2. The summed E-state index contributed by atoms with van der Waals surface area (Å²) >= 11 is 1.59. The molecular weight excluding hydrogens is 320 g/mol. The van der Waals surface area contributed by atoms with Crippen LogP contribution in [-0.4, -0.2) is 39.9 Å². The fraction of sp³-hybridized carbons (Fsp3) is 0.643. The Kier molecular flexibility index (Phi) is 3.34. The van der Waals surface area contributed by atoms with Crippen molar-refractivity contribution in [3.8, 4) is 10.7 Å². The zero-order valence-corrected chi connectivity index (χ0v) is 14.0. The summed E-state index contributed by atoms with van der Waals surface area (Å²) < 4.78 is 25.5. The lowest BCUT2D eigenvalue weighted by Gasteiger charge is -2.17. The second-order valence-electron chi connectivity index (χ2n) is 6.30. The van der Waals surface area contributed by atoms with Crippen molar-refractivity contribution in [2.24, 2.45) is 0 Å². The van der Waals surface area contributed by atoms with E-state index in [0.717, 1.165) is 29.2 Å². The molecule has 2 aromatic rings. The molecular formula is C14H18N4O2S2. The number of nitrogens with zero attached hydrogens (tertiary/aromatic N) is 4. The maximum atomic E-state index is 11.9. The van der Waals surface area contributed by atoms with Crippen LogP contribution in [0, 0.1) is 0 Å². The van der Waals surface area contributed by atoms with Crippen LogP contribution in [0.2, 0.25) is 0 Å². The van der Waals surface area contributed by atoms with E-state index in [-0.39, 0.29) is 11.3 Å². The average molecular weight is 338 g/mol. The van der Waals surface area contributed by atoms with Gasteiger partial charge in [-0.2, -0.15) is 0 Å². The van der Waals surface area contributed by atoms with Gasteiger partial charge in [-0.05, 0) is 32.1 Å². The van der Waals surface area contributed by atoms with Crippen LogP contribution in [0.1, 0.15) is 49.8 Å². The van der Waals surface area contributed by atoms with Crippen LogP contribution in [-0.2, 0) is 9.84 Å². The largest absolute Gasteiger partial charge is 0.247 e. The van der Waals surface area contributed by atoms with E-state index in [4.69, 9.17) is 0 Å². The molecule has 2 aliphatic carbocycles. The Morgan fingerprint density at radius 3 is 2.82 bits per heavy atom. The van der Waals surface area contributed by atoms with Crippen molar-refractivity contribution < 1.29 is 8.42 Å². The van der Waals surface area contributed by atoms with Gasteiger partial charge in [0.15, 0.2) is 9.84 Å². The molecule has 2 aliphatic rings. The number of sulfone groups is 1. The van der Waals surface area contributed by atoms with Crippen molar-refractivity contribution in [1.82, 2.24) is 20.0 Å². The molecule has 2 fully saturated rings. The molecule has 4 rings (SSSR count). The van der Waals surface area contributed by atoms with E-state index in [1.165, 1.54) is 19.1 Å². The molecule has 0 spiro atoms. The predicted molar refractivity (Wildman–Crippen MR) is 84.6 cm³/mol. The van der Waals surface area contributed by atoms with Crippen LogP contribution in [0.15, 0.2) is 11.6 Å². The van der Waals surface area contributed by atoms with Gasteiger partial charge in [-0.15, -0.1) is 16.4 Å². The van der Waals surface area contributed by atoms with Gasteiger partial charge in [0.05, 0.1) is 23.2 Å². The van der Waals surface area contributed by atoms with Gasteiger partial charge < -0.3 is 0 Å². The number of thiazole rings is 1. The van der Waals surface area contributed by atoms with Crippen molar-refractivity contribution in [2.45, 2.75) is 49.3 Å². The van der Waals surface area contributed by atoms with E-state index in [2.05, 4.69) is 20.7 Å². The second kappa shape index (κ2) is 5.13. The Morgan fingerprint density at radius 1 is 1.27 bits per heavy atom. The molecule has 118 valence electrons. The summed E-state index contributed by atoms with van der Waals surface area (Å²) in [7, 11) is -3.06. The molecule has 6 nitrogen and oxygen atoms in total. The first kappa shape index (κ1) is 14.3. The summed E-state index contributed by atoms with van der Waals surface area (Å²) in [5, 5.41) is 11.0. The molecule has 0 saturated heterocycles. The van der Waals surface area contributed by atoms with Gasteiger partial charge in [0.2, 0.25) is 0 Å². The van der Waals surface area contributed by atoms with Crippen LogP contribution in [0.4, 0.5) is 0 Å². The summed E-state index contributed by atoms with van der Waals surface area (Å²) in [4.78, 5) is 4.63. The molecule has 0 amide bonds. The number of aromatic nitrogens is 4. The number of hydrogen-bond acceptors (Lipinski definition) is 6. The zero-order valence-electron chi connectivity index (χ0n) is 12.3. The first-order valence-electron chi connectivity index (χ1n) is 7.59. The third-order valence-electron chi connectivity index (χ3n) is 4.55. The Bertz CT molecular complexity index is 791. The Balaban J connectivity index is 1.60. The quantitative estimate of drug-likeness (QED) is 0.855. The minimum atomic E-state index is -3.06. The van der Waals surface area contributed by atoms with Crippen molar-refractivity contribution >= 4 is 21.2 Å². The molecule has 0 unspecified atom stereocenters. The summed E-state index contributed by atoms with van der Waals surface area (Å²) in [5.41, 5.74) is 1.90. The van der Waals surface area contributed by atoms with Gasteiger partial charge in [0.25, 0.3) is 0 Å². The molecule has 2 atom stereocenters. The fourth-order valence-electron chi connectivity index (χ4n) is 3.22. The molecule has 0 aliphatic heterocycles. The highest BCUT2D eigenvalue weighted by molar-refractivity contribution is 7.91. The first-order valence-corrected chi connectivity index (χ1v) is 10.4. The fourth-order valence-corrected chi connectivity index (χ4v) is 5.49. The molecule has 8 heteroatoms. The molecule has 0 aromatic carbocycles. The predicted octanol–water partition coefficient (Wildman–Crippen LogP) is 2.42. The molecule has 2 saturated carbocycles. The van der Waals surface area contributed by atoms with E-state index in [1.54, 1.807) is 16.0 Å². The van der Waals surface area contributed by atoms with Crippen LogP contribution < -0.4 is 0 Å². The lowest BCUT2D eigenvalue weighted by Crippen LogP contribution is -2.27. The van der Waals surface area contributed by atoms with Crippen molar-refractivity contribution in [3.05, 3.63) is 17.3 Å². The topological polar surface area (TPSA) is 77.7 Å². The molecule has 0 N–H and O–H groups in total. The Hall–Kier alpha value is -1.28. The highest BCUT2D eigenvalue weighted by Gasteiger charge is 2.37. The molecule has 0 bridgehead atoms. The van der Waals surface area contributed by atoms with E-state index in [9.17, 15) is 8.42 Å². The van der Waals surface area contributed by atoms with Gasteiger partial charge >= 0.3 is 0 Å². The molecule has 2 heterocycles. The van der Waals surface area contributed by atoms with Crippen LogP contribution >= 0.6 is 11.3 Å². The maximum Gasteiger partial charge on any atom is 0.152 e. The third kappa shape index (κ3) is 2.58. The summed E-state index contributed by atoms with van der Waals surface area (Å²) in [6.45, 7) is 0. The van der Waals surface area contributed by atoms with Crippen molar-refractivity contribution in [3.63, 3.8) is 0 Å². The summed E-state index contributed by atoms with van der Waals surface area (Å²) in [6.07, 6.45) is 8.09. The van der Waals surface area contributed by atoms with Crippen LogP contribution in [0.5, 0.6) is 0 Å². The zero-order chi connectivity index (χ0) is 15.3. The summed E-state index contributed by atoms with van der Waals surface area (Å²) in [5.74, 6) is 0.629. The van der Waals surface area contributed by atoms with E-state index < -0.39 is 9.84 Å². The Labute approximate surface area is 133 Å². The van der Waals surface area contributed by atoms with Gasteiger partial charge in [0.1, 0.15) is 10.7 Å². The van der Waals surface area contributed by atoms with E-state index in [1.807, 2.05) is 6.20 Å². The maximum absolute atomic E-state index is 11.9. The summed E-state index contributed by atoms with van der Waals surface area (Å²) in [6, 6.07) is -0.0980. The van der Waals surface area contributed by atoms with Crippen LogP contribution in [0.25, 0.3) is 10.7 Å². The van der Waals surface area contributed by atoms with Gasteiger partial charge in [-0.1, -0.05) is 5.21 Å². The first-order chi connectivity index (χ1) is 10.5. The highest BCUT2D eigenvalue weighted by Crippen LogP contribution is 2.41. The molecule has 2 aromatic heterocycles. The number of rotatable bonds is 4. The van der Waals surface area contributed by atoms with Gasteiger partial charge in [-0.3, -0.25) is 0 Å². The van der Waals surface area contributed by atoms with Gasteiger partial charge in [-0.25, -0.2) is 18.1 Å². The number of hydrogen-bond donors (Lipinski definition) is 0. The van der Waals surface area contributed by atoms with Gasteiger partial charge in [0, 0.05) is 17.6 Å². The SMILES string of the molecule is CS(=O)(=O)[C@@H]1CCC[C@H]1n1cc(-c2nc(C3CC3)cs2)nn1. The standard InChI is InChI=1S/C14H18N4O2S2/c1-22(19,20)13-4-2-3-12(13)18-7-10(16-17-18)14-15-11(8-21-14)9-5-6-9/h7-9,12-13H,2-6H2,1H3/t12-,13-/m1/s1. The lowest BCUT2D eigenvalue weighted by molar-refractivity contribution is 0.447. The molecule has 0 radical (unpaired) electrons. The smallest absolute Gasteiger partial charge is 0.152 e. The van der Waals surface area contributed by atoms with Crippen molar-refractivity contribution in [2.75, 3.05) is 6.26 Å². The Morgan fingerprint density at radius 2 is 2.09 bits per heavy atom. The average Bonchev–Trinajstić information content (AvgIpc) is 2.95. The normalized spacial score (nSPS) is 25.7. The lowest BCUT2D eigenvalue weighted by atomic mass is 10.2. The minimum absolute atomic E-state index is 0.0980. The van der Waals surface area contributed by atoms with Crippen LogP contribution in [0.3, 0.4) is 0 Å². The van der Waals surface area contributed by atoms with Crippen molar-refractivity contribution in [1.29, 1.82) is 0 Å². The monoisotopic (exact) mass is 338 g/mol. The third-order valence-corrected chi connectivity index (χ3v) is 7.09. The second-order valence-corrected chi connectivity index (χ2v) is 9.42.